The molecule has 0 saturated carbocycles. The highest BCUT2D eigenvalue weighted by Gasteiger charge is 2.18. The van der Waals surface area contributed by atoms with Crippen molar-refractivity contribution in [2.45, 2.75) is 0 Å². The number of hydrogen-bond acceptors (Lipinski definition) is 2. The van der Waals surface area contributed by atoms with Crippen LogP contribution < -0.4 is 4.90 Å². The zero-order valence-electron chi connectivity index (χ0n) is 31.7. The summed E-state index contributed by atoms with van der Waals surface area (Å²) in [4.78, 5) is 2.37. The van der Waals surface area contributed by atoms with E-state index in [0.717, 1.165) is 55.7 Å². The van der Waals surface area contributed by atoms with Gasteiger partial charge in [-0.1, -0.05) is 176 Å². The molecule has 0 aliphatic heterocycles. The van der Waals surface area contributed by atoms with Crippen molar-refractivity contribution in [1.82, 2.24) is 0 Å². The summed E-state index contributed by atoms with van der Waals surface area (Å²) in [7, 11) is 0. The van der Waals surface area contributed by atoms with E-state index in [9.17, 15) is 0 Å². The van der Waals surface area contributed by atoms with Crippen LogP contribution in [-0.2, 0) is 0 Å². The van der Waals surface area contributed by atoms with Gasteiger partial charge in [0.2, 0.25) is 0 Å². The number of nitrogens with zero attached hydrogens (tertiary/aromatic N) is 1. The average Bonchev–Trinajstić information content (AvgIpc) is 3.68. The first-order valence-electron chi connectivity index (χ1n) is 19.8. The van der Waals surface area contributed by atoms with Gasteiger partial charge in [-0.15, -0.1) is 0 Å². The molecule has 0 aliphatic rings. The molecule has 11 aromatic rings. The Labute approximate surface area is 337 Å². The zero-order chi connectivity index (χ0) is 38.4. The minimum absolute atomic E-state index is 0.893. The molecule has 1 heterocycles. The molecular weight excluding hydrogens is 703 g/mol. The van der Waals surface area contributed by atoms with Crippen molar-refractivity contribution in [1.29, 1.82) is 0 Å². The van der Waals surface area contributed by atoms with Crippen molar-refractivity contribution in [2.24, 2.45) is 0 Å². The molecule has 0 N–H and O–H groups in total. The topological polar surface area (TPSA) is 16.4 Å². The van der Waals surface area contributed by atoms with E-state index in [1.807, 2.05) is 12.1 Å². The SMILES string of the molecule is c1cc(-c2ccc(-c3cccc4ccccc34)cc2)cc(N(c2ccc(-c3cccc4ccccc34)cc2)c2cccc(-c3cccc4oc5ccccc5c34)c2)c1. The Morgan fingerprint density at radius 2 is 0.741 bits per heavy atom. The minimum atomic E-state index is 0.893. The van der Waals surface area contributed by atoms with Gasteiger partial charge in [0.1, 0.15) is 11.2 Å². The summed E-state index contributed by atoms with van der Waals surface area (Å²) in [5.74, 6) is 0. The number of anilines is 3. The van der Waals surface area contributed by atoms with Crippen molar-refractivity contribution in [2.75, 3.05) is 4.90 Å². The van der Waals surface area contributed by atoms with Crippen LogP contribution in [0.3, 0.4) is 0 Å². The van der Waals surface area contributed by atoms with Gasteiger partial charge in [0.25, 0.3) is 0 Å². The molecule has 0 aliphatic carbocycles. The van der Waals surface area contributed by atoms with Crippen molar-refractivity contribution < 1.29 is 4.42 Å². The predicted octanol–water partition coefficient (Wildman–Crippen LogP) is 16.0. The van der Waals surface area contributed by atoms with E-state index >= 15 is 0 Å². The van der Waals surface area contributed by atoms with E-state index in [2.05, 4.69) is 217 Å². The van der Waals surface area contributed by atoms with Crippen LogP contribution in [0.15, 0.2) is 229 Å². The lowest BCUT2D eigenvalue weighted by Gasteiger charge is -2.27. The third-order valence-electron chi connectivity index (χ3n) is 11.5. The fourth-order valence-corrected chi connectivity index (χ4v) is 8.69. The normalized spacial score (nSPS) is 11.4. The van der Waals surface area contributed by atoms with E-state index in [-0.39, 0.29) is 0 Å². The Kier molecular flexibility index (Phi) is 8.19. The Morgan fingerprint density at radius 3 is 1.41 bits per heavy atom. The van der Waals surface area contributed by atoms with Gasteiger partial charge in [-0.05, 0) is 115 Å². The molecule has 0 spiro atoms. The predicted molar refractivity (Wildman–Crippen MR) is 245 cm³/mol. The molecule has 58 heavy (non-hydrogen) atoms. The summed E-state index contributed by atoms with van der Waals surface area (Å²) in [6.45, 7) is 0. The summed E-state index contributed by atoms with van der Waals surface area (Å²) in [5, 5.41) is 7.27. The second-order valence-corrected chi connectivity index (χ2v) is 14.9. The molecule has 1 aromatic heterocycles. The van der Waals surface area contributed by atoms with Gasteiger partial charge in [-0.25, -0.2) is 0 Å². The third kappa shape index (κ3) is 5.91. The summed E-state index contributed by atoms with van der Waals surface area (Å²) >= 11 is 0. The lowest BCUT2D eigenvalue weighted by molar-refractivity contribution is 0.669. The first-order chi connectivity index (χ1) is 28.7. The quantitative estimate of drug-likeness (QED) is 0.162. The number of para-hydroxylation sites is 1. The van der Waals surface area contributed by atoms with Crippen LogP contribution in [0.2, 0.25) is 0 Å². The Bertz CT molecular complexity index is 3270. The molecule has 0 radical (unpaired) electrons. The fraction of sp³-hybridized carbons (Fsp3) is 0. The lowest BCUT2D eigenvalue weighted by Crippen LogP contribution is -2.10. The summed E-state index contributed by atoms with van der Waals surface area (Å²) < 4.78 is 6.30. The van der Waals surface area contributed by atoms with Crippen molar-refractivity contribution >= 4 is 60.5 Å². The van der Waals surface area contributed by atoms with Crippen LogP contribution in [0.1, 0.15) is 0 Å². The maximum Gasteiger partial charge on any atom is 0.136 e. The van der Waals surface area contributed by atoms with Crippen LogP contribution in [0.4, 0.5) is 17.1 Å². The molecule has 2 nitrogen and oxygen atoms in total. The number of rotatable bonds is 7. The number of benzene rings is 10. The number of fused-ring (bicyclic) bond motifs is 5. The van der Waals surface area contributed by atoms with Crippen LogP contribution in [-0.4, -0.2) is 0 Å². The van der Waals surface area contributed by atoms with E-state index in [1.54, 1.807) is 0 Å². The monoisotopic (exact) mass is 739 g/mol. The highest BCUT2D eigenvalue weighted by atomic mass is 16.3. The molecule has 272 valence electrons. The van der Waals surface area contributed by atoms with Gasteiger partial charge in [-0.3, -0.25) is 0 Å². The van der Waals surface area contributed by atoms with E-state index in [1.165, 1.54) is 49.4 Å². The second-order valence-electron chi connectivity index (χ2n) is 14.9. The van der Waals surface area contributed by atoms with Gasteiger partial charge in [-0.2, -0.15) is 0 Å². The maximum atomic E-state index is 6.30. The van der Waals surface area contributed by atoms with Gasteiger partial charge in [0.15, 0.2) is 0 Å². The third-order valence-corrected chi connectivity index (χ3v) is 11.5. The molecule has 0 saturated heterocycles. The van der Waals surface area contributed by atoms with Crippen molar-refractivity contribution in [3.8, 4) is 44.5 Å². The average molecular weight is 740 g/mol. The highest BCUT2D eigenvalue weighted by Crippen LogP contribution is 2.42. The molecule has 0 fully saturated rings. The maximum absolute atomic E-state index is 6.30. The smallest absolute Gasteiger partial charge is 0.136 e. The van der Waals surface area contributed by atoms with Crippen molar-refractivity contribution in [3.05, 3.63) is 224 Å². The zero-order valence-corrected chi connectivity index (χ0v) is 31.7. The van der Waals surface area contributed by atoms with E-state index in [0.29, 0.717) is 0 Å². The van der Waals surface area contributed by atoms with E-state index in [4.69, 9.17) is 4.42 Å². The standard InChI is InChI=1S/C56H37NO/c1-3-20-48-39(12-1)14-9-23-50(48)41-30-28-38(29-31-41)43-16-7-18-46(36-43)57(45-34-32-42(33-35-45)51-24-10-15-40-13-2-4-21-49(40)51)47-19-8-17-44(37-47)52-25-11-27-55-56(52)53-22-5-6-26-54(53)58-55/h1-37H. The fourth-order valence-electron chi connectivity index (χ4n) is 8.69. The number of hydrogen-bond donors (Lipinski definition) is 0. The van der Waals surface area contributed by atoms with Gasteiger partial charge < -0.3 is 9.32 Å². The van der Waals surface area contributed by atoms with Gasteiger partial charge in [0.05, 0.1) is 0 Å². The highest BCUT2D eigenvalue weighted by molar-refractivity contribution is 6.12. The Balaban J connectivity index is 1.02. The van der Waals surface area contributed by atoms with Crippen LogP contribution in [0, 0.1) is 0 Å². The summed E-state index contributed by atoms with van der Waals surface area (Å²) in [6.07, 6.45) is 0. The van der Waals surface area contributed by atoms with Gasteiger partial charge >= 0.3 is 0 Å². The first-order valence-corrected chi connectivity index (χ1v) is 19.8. The summed E-state index contributed by atoms with van der Waals surface area (Å²) in [5.41, 5.74) is 14.5. The molecule has 0 bridgehead atoms. The second kappa shape index (κ2) is 14.1. The first kappa shape index (κ1) is 33.6. The molecule has 0 atom stereocenters. The lowest BCUT2D eigenvalue weighted by atomic mass is 9.96. The largest absolute Gasteiger partial charge is 0.456 e. The van der Waals surface area contributed by atoms with Gasteiger partial charge in [0, 0.05) is 27.8 Å². The molecule has 2 heteroatoms. The van der Waals surface area contributed by atoms with E-state index < -0.39 is 0 Å². The molecular formula is C56H37NO. The molecule has 0 unspecified atom stereocenters. The minimum Gasteiger partial charge on any atom is -0.456 e. The summed E-state index contributed by atoms with van der Waals surface area (Å²) in [6, 6.07) is 80.7. The van der Waals surface area contributed by atoms with Crippen molar-refractivity contribution in [3.63, 3.8) is 0 Å². The van der Waals surface area contributed by atoms with Crippen LogP contribution in [0.25, 0.3) is 88.0 Å². The van der Waals surface area contributed by atoms with Crippen LogP contribution >= 0.6 is 0 Å². The Hall–Kier alpha value is -7.68. The number of furan rings is 1. The molecule has 11 rings (SSSR count). The molecule has 10 aromatic carbocycles. The Morgan fingerprint density at radius 1 is 0.276 bits per heavy atom. The molecule has 0 amide bonds. The van der Waals surface area contributed by atoms with Crippen LogP contribution in [0.5, 0.6) is 0 Å².